The van der Waals surface area contributed by atoms with Crippen LogP contribution in [-0.4, -0.2) is 5.91 Å². The van der Waals surface area contributed by atoms with Crippen molar-refractivity contribution in [2.24, 2.45) is 0 Å². The molecule has 0 saturated heterocycles. The van der Waals surface area contributed by atoms with Gasteiger partial charge in [0.15, 0.2) is 0 Å². The maximum absolute atomic E-state index is 13.8. The molecule has 5 heteroatoms. The number of ether oxygens (including phenoxy) is 1. The Morgan fingerprint density at radius 1 is 1.12 bits per heavy atom. The van der Waals surface area contributed by atoms with Crippen molar-refractivity contribution in [3.8, 4) is 5.75 Å². The standard InChI is InChI=1S/C21H20FNO2S/c1-13-7-8-17(22)18(9-13)23-21(24)19-10-16(12-26-19)11-25-20-14(2)5-4-6-15(20)3/h4-10,12H,11H2,1-3H3,(H,23,24). The number of benzene rings is 2. The molecule has 2 aromatic carbocycles. The van der Waals surface area contributed by atoms with Gasteiger partial charge in [-0.3, -0.25) is 4.79 Å². The molecule has 3 nitrogen and oxygen atoms in total. The van der Waals surface area contributed by atoms with E-state index in [-0.39, 0.29) is 11.6 Å². The summed E-state index contributed by atoms with van der Waals surface area (Å²) in [5.41, 5.74) is 4.14. The van der Waals surface area contributed by atoms with Crippen molar-refractivity contribution in [1.29, 1.82) is 0 Å². The van der Waals surface area contributed by atoms with E-state index < -0.39 is 5.82 Å². The quantitative estimate of drug-likeness (QED) is 0.632. The van der Waals surface area contributed by atoms with E-state index in [9.17, 15) is 9.18 Å². The third-order valence-electron chi connectivity index (χ3n) is 4.04. The smallest absolute Gasteiger partial charge is 0.265 e. The molecule has 0 spiro atoms. The highest BCUT2D eigenvalue weighted by atomic mass is 32.1. The molecule has 3 rings (SSSR count). The first-order chi connectivity index (χ1) is 12.4. The van der Waals surface area contributed by atoms with Gasteiger partial charge < -0.3 is 10.1 Å². The van der Waals surface area contributed by atoms with Crippen LogP contribution in [0.1, 0.15) is 31.9 Å². The first-order valence-corrected chi connectivity index (χ1v) is 9.16. The second-order valence-electron chi connectivity index (χ2n) is 6.27. The van der Waals surface area contributed by atoms with Gasteiger partial charge >= 0.3 is 0 Å². The third-order valence-corrected chi connectivity index (χ3v) is 5.02. The molecule has 1 aromatic heterocycles. The summed E-state index contributed by atoms with van der Waals surface area (Å²) in [7, 11) is 0. The van der Waals surface area contributed by atoms with Crippen molar-refractivity contribution in [1.82, 2.24) is 0 Å². The van der Waals surface area contributed by atoms with Gasteiger partial charge in [0.2, 0.25) is 0 Å². The summed E-state index contributed by atoms with van der Waals surface area (Å²) in [4.78, 5) is 12.9. The number of carbonyl (C=O) groups is 1. The summed E-state index contributed by atoms with van der Waals surface area (Å²) < 4.78 is 19.7. The van der Waals surface area contributed by atoms with Crippen molar-refractivity contribution in [3.63, 3.8) is 0 Å². The predicted octanol–water partition coefficient (Wildman–Crippen LogP) is 5.64. The predicted molar refractivity (Wildman–Crippen MR) is 104 cm³/mol. The zero-order chi connectivity index (χ0) is 18.7. The number of para-hydroxylation sites is 1. The lowest BCUT2D eigenvalue weighted by molar-refractivity contribution is 0.103. The number of anilines is 1. The largest absolute Gasteiger partial charge is 0.488 e. The lowest BCUT2D eigenvalue weighted by Crippen LogP contribution is -2.11. The zero-order valence-corrected chi connectivity index (χ0v) is 15.7. The first-order valence-electron chi connectivity index (χ1n) is 8.28. The van der Waals surface area contributed by atoms with E-state index in [0.717, 1.165) is 28.0 Å². The third kappa shape index (κ3) is 4.11. The van der Waals surface area contributed by atoms with Crippen LogP contribution in [0.5, 0.6) is 5.75 Å². The molecular formula is C21H20FNO2S. The fourth-order valence-electron chi connectivity index (χ4n) is 2.67. The Bertz CT molecular complexity index is 929. The lowest BCUT2D eigenvalue weighted by atomic mass is 10.1. The van der Waals surface area contributed by atoms with E-state index in [1.165, 1.54) is 17.4 Å². The summed E-state index contributed by atoms with van der Waals surface area (Å²) in [5, 5.41) is 4.51. The van der Waals surface area contributed by atoms with Crippen LogP contribution >= 0.6 is 11.3 Å². The molecule has 134 valence electrons. The van der Waals surface area contributed by atoms with Gasteiger partial charge in [-0.05, 0) is 61.0 Å². The fraction of sp³-hybridized carbons (Fsp3) is 0.190. The molecule has 0 radical (unpaired) electrons. The Balaban J connectivity index is 1.67. The van der Waals surface area contributed by atoms with E-state index >= 15 is 0 Å². The highest BCUT2D eigenvalue weighted by Crippen LogP contribution is 2.25. The second kappa shape index (κ2) is 7.70. The molecule has 3 aromatic rings. The van der Waals surface area contributed by atoms with Crippen LogP contribution in [0, 0.1) is 26.6 Å². The van der Waals surface area contributed by atoms with Gasteiger partial charge in [-0.15, -0.1) is 11.3 Å². The normalized spacial score (nSPS) is 10.6. The number of nitrogens with one attached hydrogen (secondary N) is 1. The van der Waals surface area contributed by atoms with E-state index in [2.05, 4.69) is 5.32 Å². The summed E-state index contributed by atoms with van der Waals surface area (Å²) >= 11 is 1.32. The lowest BCUT2D eigenvalue weighted by Gasteiger charge is -2.11. The molecule has 26 heavy (non-hydrogen) atoms. The van der Waals surface area contributed by atoms with Crippen molar-refractivity contribution in [2.75, 3.05) is 5.32 Å². The van der Waals surface area contributed by atoms with Crippen molar-refractivity contribution in [2.45, 2.75) is 27.4 Å². The Hall–Kier alpha value is -2.66. The number of hydrogen-bond donors (Lipinski definition) is 1. The van der Waals surface area contributed by atoms with Crippen LogP contribution < -0.4 is 10.1 Å². The topological polar surface area (TPSA) is 38.3 Å². The highest BCUT2D eigenvalue weighted by Gasteiger charge is 2.13. The number of rotatable bonds is 5. The number of thiophene rings is 1. The molecular weight excluding hydrogens is 349 g/mol. The molecule has 0 aliphatic rings. The molecule has 0 aliphatic carbocycles. The van der Waals surface area contributed by atoms with Crippen molar-refractivity contribution < 1.29 is 13.9 Å². The van der Waals surface area contributed by atoms with Gasteiger partial charge in [0.1, 0.15) is 18.2 Å². The number of aryl methyl sites for hydroxylation is 3. The van der Waals surface area contributed by atoms with Crippen LogP contribution in [0.25, 0.3) is 0 Å². The molecule has 0 fully saturated rings. The first kappa shape index (κ1) is 18.1. The molecule has 1 heterocycles. The second-order valence-corrected chi connectivity index (χ2v) is 7.18. The van der Waals surface area contributed by atoms with Gasteiger partial charge in [0, 0.05) is 5.56 Å². The Morgan fingerprint density at radius 2 is 1.85 bits per heavy atom. The molecule has 1 amide bonds. The summed E-state index contributed by atoms with van der Waals surface area (Å²) in [6.07, 6.45) is 0. The van der Waals surface area contributed by atoms with E-state index in [0.29, 0.717) is 11.5 Å². The molecule has 0 aliphatic heterocycles. The summed E-state index contributed by atoms with van der Waals surface area (Å²) in [6, 6.07) is 12.4. The van der Waals surface area contributed by atoms with Gasteiger partial charge in [0.05, 0.1) is 10.6 Å². The van der Waals surface area contributed by atoms with Crippen LogP contribution in [0.2, 0.25) is 0 Å². The van der Waals surface area contributed by atoms with Crippen LogP contribution in [0.3, 0.4) is 0 Å². The van der Waals surface area contributed by atoms with Gasteiger partial charge in [-0.25, -0.2) is 4.39 Å². The van der Waals surface area contributed by atoms with Gasteiger partial charge in [-0.2, -0.15) is 0 Å². The number of amides is 1. The highest BCUT2D eigenvalue weighted by molar-refractivity contribution is 7.12. The number of hydrogen-bond acceptors (Lipinski definition) is 3. The van der Waals surface area contributed by atoms with Gasteiger partial charge in [-0.1, -0.05) is 24.3 Å². The Labute approximate surface area is 156 Å². The minimum atomic E-state index is -0.445. The fourth-order valence-corrected chi connectivity index (χ4v) is 3.46. The maximum atomic E-state index is 13.8. The maximum Gasteiger partial charge on any atom is 0.265 e. The van der Waals surface area contributed by atoms with Crippen LogP contribution in [-0.2, 0) is 6.61 Å². The monoisotopic (exact) mass is 369 g/mol. The molecule has 0 atom stereocenters. The Kier molecular flexibility index (Phi) is 5.38. The number of carbonyl (C=O) groups excluding carboxylic acids is 1. The molecule has 0 bridgehead atoms. The van der Waals surface area contributed by atoms with Gasteiger partial charge in [0.25, 0.3) is 5.91 Å². The molecule has 0 saturated carbocycles. The average molecular weight is 369 g/mol. The van der Waals surface area contributed by atoms with Crippen molar-refractivity contribution >= 4 is 22.9 Å². The van der Waals surface area contributed by atoms with E-state index in [1.54, 1.807) is 18.2 Å². The van der Waals surface area contributed by atoms with E-state index in [1.807, 2.05) is 44.4 Å². The summed E-state index contributed by atoms with van der Waals surface area (Å²) in [6.45, 7) is 6.24. The number of halogens is 1. The van der Waals surface area contributed by atoms with Crippen molar-refractivity contribution in [3.05, 3.63) is 80.8 Å². The SMILES string of the molecule is Cc1ccc(F)c(NC(=O)c2cc(COc3c(C)cccc3C)cs2)c1. The van der Waals surface area contributed by atoms with Crippen LogP contribution in [0.4, 0.5) is 10.1 Å². The minimum absolute atomic E-state index is 0.191. The minimum Gasteiger partial charge on any atom is -0.488 e. The summed E-state index contributed by atoms with van der Waals surface area (Å²) in [5.74, 6) is 0.100. The zero-order valence-electron chi connectivity index (χ0n) is 14.9. The van der Waals surface area contributed by atoms with E-state index in [4.69, 9.17) is 4.74 Å². The molecule has 1 N–H and O–H groups in total. The average Bonchev–Trinajstić information content (AvgIpc) is 3.07. The Morgan fingerprint density at radius 3 is 2.58 bits per heavy atom. The molecule has 0 unspecified atom stereocenters. The van der Waals surface area contributed by atoms with Crippen LogP contribution in [0.15, 0.2) is 47.8 Å².